The quantitative estimate of drug-likeness (QED) is 0.663. The molecule has 7 heteroatoms. The molecular weight excluding hydrogens is 398 g/mol. The summed E-state index contributed by atoms with van der Waals surface area (Å²) in [5, 5.41) is 0. The standard InChI is InChI=1S/C23H23N3O3S/c27-23-18-25(15-16-26(23)17-19-7-3-1-4-8-19)21-13-11-20(12-14-21)24-30(28,29)22-9-5-2-6-10-22/h1-14,24H,15-18H2. The molecule has 0 saturated carbocycles. The van der Waals surface area contributed by atoms with Gasteiger partial charge in [0.05, 0.1) is 11.4 Å². The van der Waals surface area contributed by atoms with E-state index in [1.165, 1.54) is 0 Å². The van der Waals surface area contributed by atoms with E-state index in [2.05, 4.69) is 4.72 Å². The van der Waals surface area contributed by atoms with Crippen LogP contribution in [0, 0.1) is 0 Å². The molecule has 1 fully saturated rings. The van der Waals surface area contributed by atoms with E-state index in [-0.39, 0.29) is 10.8 Å². The third kappa shape index (κ3) is 4.63. The number of hydrogen-bond donors (Lipinski definition) is 1. The first-order valence-electron chi connectivity index (χ1n) is 9.76. The molecule has 1 heterocycles. The number of nitrogens with zero attached hydrogens (tertiary/aromatic N) is 2. The average molecular weight is 422 g/mol. The molecule has 3 aromatic rings. The molecule has 1 saturated heterocycles. The van der Waals surface area contributed by atoms with Crippen molar-refractivity contribution in [2.75, 3.05) is 29.3 Å². The molecular formula is C23H23N3O3S. The summed E-state index contributed by atoms with van der Waals surface area (Å²) in [6.45, 7) is 2.30. The van der Waals surface area contributed by atoms with Crippen molar-refractivity contribution in [1.82, 2.24) is 4.90 Å². The topological polar surface area (TPSA) is 69.7 Å². The van der Waals surface area contributed by atoms with Gasteiger partial charge in [0.2, 0.25) is 5.91 Å². The second kappa shape index (κ2) is 8.59. The van der Waals surface area contributed by atoms with Crippen molar-refractivity contribution >= 4 is 27.3 Å². The molecule has 3 aromatic carbocycles. The zero-order valence-corrected chi connectivity index (χ0v) is 17.3. The molecule has 0 radical (unpaired) electrons. The molecule has 1 amide bonds. The highest BCUT2D eigenvalue weighted by Gasteiger charge is 2.24. The van der Waals surface area contributed by atoms with Crippen molar-refractivity contribution in [3.05, 3.63) is 90.5 Å². The van der Waals surface area contributed by atoms with E-state index in [1.807, 2.05) is 52.3 Å². The van der Waals surface area contributed by atoms with Crippen molar-refractivity contribution < 1.29 is 13.2 Å². The SMILES string of the molecule is O=C1CN(c2ccc(NS(=O)(=O)c3ccccc3)cc2)CCN1Cc1ccccc1. The Balaban J connectivity index is 1.38. The number of benzene rings is 3. The Bertz CT molecular complexity index is 1100. The predicted molar refractivity (Wildman–Crippen MR) is 118 cm³/mol. The van der Waals surface area contributed by atoms with Crippen LogP contribution in [-0.4, -0.2) is 38.9 Å². The van der Waals surface area contributed by atoms with Gasteiger partial charge in [0.1, 0.15) is 0 Å². The minimum Gasteiger partial charge on any atom is -0.360 e. The Morgan fingerprint density at radius 1 is 0.800 bits per heavy atom. The first-order chi connectivity index (χ1) is 14.5. The van der Waals surface area contributed by atoms with Crippen LogP contribution in [0.2, 0.25) is 0 Å². The summed E-state index contributed by atoms with van der Waals surface area (Å²) in [7, 11) is -3.62. The number of rotatable bonds is 6. The van der Waals surface area contributed by atoms with Crippen LogP contribution < -0.4 is 9.62 Å². The Hall–Kier alpha value is -3.32. The molecule has 154 valence electrons. The maximum absolute atomic E-state index is 12.6. The lowest BCUT2D eigenvalue weighted by Crippen LogP contribution is -2.50. The number of carbonyl (C=O) groups is 1. The first-order valence-corrected chi connectivity index (χ1v) is 11.2. The van der Waals surface area contributed by atoms with E-state index in [0.29, 0.717) is 25.3 Å². The van der Waals surface area contributed by atoms with Crippen LogP contribution in [-0.2, 0) is 21.4 Å². The summed E-state index contributed by atoms with van der Waals surface area (Å²) in [5.41, 5.74) is 2.50. The normalized spacial score (nSPS) is 14.6. The van der Waals surface area contributed by atoms with Gasteiger partial charge in [-0.2, -0.15) is 0 Å². The Morgan fingerprint density at radius 3 is 2.07 bits per heavy atom. The average Bonchev–Trinajstić information content (AvgIpc) is 2.77. The van der Waals surface area contributed by atoms with Gasteiger partial charge in [-0.15, -0.1) is 0 Å². The van der Waals surface area contributed by atoms with Crippen molar-refractivity contribution in [3.63, 3.8) is 0 Å². The van der Waals surface area contributed by atoms with E-state index >= 15 is 0 Å². The number of hydrogen-bond acceptors (Lipinski definition) is 4. The molecule has 0 aromatic heterocycles. The van der Waals surface area contributed by atoms with Gasteiger partial charge in [0, 0.05) is 31.0 Å². The van der Waals surface area contributed by atoms with Crippen LogP contribution in [0.25, 0.3) is 0 Å². The molecule has 0 spiro atoms. The minimum absolute atomic E-state index is 0.0824. The zero-order valence-electron chi connectivity index (χ0n) is 16.4. The van der Waals surface area contributed by atoms with E-state index < -0.39 is 10.0 Å². The summed E-state index contributed by atoms with van der Waals surface area (Å²) in [6.07, 6.45) is 0. The van der Waals surface area contributed by atoms with E-state index in [4.69, 9.17) is 0 Å². The Morgan fingerprint density at radius 2 is 1.43 bits per heavy atom. The summed E-state index contributed by atoms with van der Waals surface area (Å²) in [4.78, 5) is 16.7. The van der Waals surface area contributed by atoms with Gasteiger partial charge in [-0.25, -0.2) is 8.42 Å². The number of carbonyl (C=O) groups excluding carboxylic acids is 1. The van der Waals surface area contributed by atoms with Crippen LogP contribution in [0.3, 0.4) is 0 Å². The van der Waals surface area contributed by atoms with Crippen molar-refractivity contribution in [2.24, 2.45) is 0 Å². The summed E-state index contributed by atoms with van der Waals surface area (Å²) in [6, 6.07) is 25.3. The Labute approximate surface area is 176 Å². The number of piperazine rings is 1. The number of sulfonamides is 1. The predicted octanol–water partition coefficient (Wildman–Crippen LogP) is 3.34. The zero-order chi connectivity index (χ0) is 21.0. The Kier molecular flexibility index (Phi) is 5.72. The highest BCUT2D eigenvalue weighted by Crippen LogP contribution is 2.22. The molecule has 6 nitrogen and oxygen atoms in total. The molecule has 0 unspecified atom stereocenters. The highest BCUT2D eigenvalue weighted by atomic mass is 32.2. The van der Waals surface area contributed by atoms with E-state index in [1.54, 1.807) is 42.5 Å². The lowest BCUT2D eigenvalue weighted by atomic mass is 10.2. The van der Waals surface area contributed by atoms with Crippen molar-refractivity contribution in [1.29, 1.82) is 0 Å². The van der Waals surface area contributed by atoms with E-state index in [0.717, 1.165) is 17.8 Å². The molecule has 1 aliphatic rings. The van der Waals surface area contributed by atoms with Crippen LogP contribution in [0.15, 0.2) is 89.8 Å². The third-order valence-electron chi connectivity index (χ3n) is 5.07. The van der Waals surface area contributed by atoms with Gasteiger partial charge in [-0.1, -0.05) is 48.5 Å². The summed E-state index contributed by atoms with van der Waals surface area (Å²) in [5.74, 6) is 0.0824. The van der Waals surface area contributed by atoms with Gasteiger partial charge >= 0.3 is 0 Å². The molecule has 30 heavy (non-hydrogen) atoms. The summed E-state index contributed by atoms with van der Waals surface area (Å²) >= 11 is 0. The molecule has 4 rings (SSSR count). The van der Waals surface area contributed by atoms with Gasteiger partial charge in [0.25, 0.3) is 10.0 Å². The maximum atomic E-state index is 12.6. The molecule has 1 aliphatic heterocycles. The van der Waals surface area contributed by atoms with Gasteiger partial charge in [-0.05, 0) is 42.0 Å². The largest absolute Gasteiger partial charge is 0.360 e. The van der Waals surface area contributed by atoms with Crippen molar-refractivity contribution in [3.8, 4) is 0 Å². The number of anilines is 2. The highest BCUT2D eigenvalue weighted by molar-refractivity contribution is 7.92. The minimum atomic E-state index is -3.62. The number of nitrogens with one attached hydrogen (secondary N) is 1. The second-order valence-corrected chi connectivity index (χ2v) is 8.87. The maximum Gasteiger partial charge on any atom is 0.261 e. The lowest BCUT2D eigenvalue weighted by molar-refractivity contribution is -0.131. The third-order valence-corrected chi connectivity index (χ3v) is 6.47. The fourth-order valence-electron chi connectivity index (χ4n) is 3.45. The van der Waals surface area contributed by atoms with Crippen LogP contribution >= 0.6 is 0 Å². The van der Waals surface area contributed by atoms with Gasteiger partial charge < -0.3 is 9.80 Å². The summed E-state index contributed by atoms with van der Waals surface area (Å²) < 4.78 is 27.5. The second-order valence-electron chi connectivity index (χ2n) is 7.19. The van der Waals surface area contributed by atoms with Gasteiger partial charge in [0.15, 0.2) is 0 Å². The van der Waals surface area contributed by atoms with Crippen LogP contribution in [0.5, 0.6) is 0 Å². The smallest absolute Gasteiger partial charge is 0.261 e. The molecule has 0 aliphatic carbocycles. The first kappa shape index (κ1) is 20.0. The van der Waals surface area contributed by atoms with Crippen LogP contribution in [0.1, 0.15) is 5.56 Å². The molecule has 0 atom stereocenters. The van der Waals surface area contributed by atoms with Gasteiger partial charge in [-0.3, -0.25) is 9.52 Å². The lowest BCUT2D eigenvalue weighted by Gasteiger charge is -2.35. The molecule has 1 N–H and O–H groups in total. The molecule has 0 bridgehead atoms. The van der Waals surface area contributed by atoms with Crippen molar-refractivity contribution in [2.45, 2.75) is 11.4 Å². The fourth-order valence-corrected chi connectivity index (χ4v) is 4.53. The fraction of sp³-hybridized carbons (Fsp3) is 0.174. The monoisotopic (exact) mass is 421 g/mol. The van der Waals surface area contributed by atoms with Crippen LogP contribution in [0.4, 0.5) is 11.4 Å². The van der Waals surface area contributed by atoms with E-state index in [9.17, 15) is 13.2 Å². The number of amides is 1.